The Morgan fingerprint density at radius 1 is 1.33 bits per heavy atom. The lowest BCUT2D eigenvalue weighted by atomic mass is 10.1. The Bertz CT molecular complexity index is 1040. The first-order chi connectivity index (χ1) is 11.5. The molecule has 0 aliphatic rings. The van der Waals surface area contributed by atoms with E-state index in [1.54, 1.807) is 18.2 Å². The second-order valence-corrected chi connectivity index (χ2v) is 5.15. The number of nitrogens with zero attached hydrogens (tertiary/aromatic N) is 4. The van der Waals surface area contributed by atoms with Crippen LogP contribution in [0.2, 0.25) is 5.02 Å². The predicted octanol–water partition coefficient (Wildman–Crippen LogP) is -0.412. The molecule has 3 rings (SSSR count). The molecule has 0 unspecified atom stereocenters. The van der Waals surface area contributed by atoms with Gasteiger partial charge in [-0.15, -0.1) is 5.10 Å². The van der Waals surface area contributed by atoms with Gasteiger partial charge in [-0.05, 0) is 29.0 Å². The molecule has 0 radical (unpaired) electrons. The smallest absolute Gasteiger partial charge is 0.291 e. The second-order valence-electron chi connectivity index (χ2n) is 4.74. The van der Waals surface area contributed by atoms with E-state index in [-0.39, 0.29) is 11.5 Å². The van der Waals surface area contributed by atoms with Gasteiger partial charge in [-0.25, -0.2) is 0 Å². The molecule has 2 N–H and O–H groups in total. The maximum Gasteiger partial charge on any atom is 0.291 e. The van der Waals surface area contributed by atoms with Crippen molar-refractivity contribution >= 4 is 24.3 Å². The number of rotatable bonds is 4. The molecule has 0 bridgehead atoms. The van der Waals surface area contributed by atoms with Gasteiger partial charge in [0.25, 0.3) is 11.5 Å². The highest BCUT2D eigenvalue weighted by Crippen LogP contribution is 2.36. The van der Waals surface area contributed by atoms with Crippen LogP contribution in [0.15, 0.2) is 16.9 Å². The van der Waals surface area contributed by atoms with Crippen molar-refractivity contribution in [2.45, 2.75) is 0 Å². The average Bonchev–Trinajstić information content (AvgIpc) is 3.18. The van der Waals surface area contributed by atoms with Crippen molar-refractivity contribution in [3.63, 3.8) is 0 Å². The van der Waals surface area contributed by atoms with Crippen molar-refractivity contribution in [1.29, 1.82) is 0 Å². The van der Waals surface area contributed by atoms with Crippen LogP contribution in [0.1, 0.15) is 5.56 Å². The summed E-state index contributed by atoms with van der Waals surface area (Å²) in [5.41, 5.74) is 0.284. The van der Waals surface area contributed by atoms with Gasteiger partial charge in [-0.3, -0.25) is 9.89 Å². The van der Waals surface area contributed by atoms with Gasteiger partial charge in [-0.2, -0.15) is 9.90 Å². The SMILES string of the molecule is C=c1[nH]n(-c2nn[nH]n2)c(=O)/c1=C\c1cc(Cl)c(OC)c(OC)c1. The molecular weight excluding hydrogens is 336 g/mol. The molecule has 0 saturated carbocycles. The molecule has 0 spiro atoms. The van der Waals surface area contributed by atoms with E-state index >= 15 is 0 Å². The number of methoxy groups -OCH3 is 2. The van der Waals surface area contributed by atoms with Gasteiger partial charge >= 0.3 is 0 Å². The first-order valence-corrected chi connectivity index (χ1v) is 7.10. The van der Waals surface area contributed by atoms with Crippen LogP contribution in [0.5, 0.6) is 11.5 Å². The summed E-state index contributed by atoms with van der Waals surface area (Å²) in [4.78, 5) is 12.5. The molecule has 0 atom stereocenters. The molecule has 3 aromatic rings. The molecular formula is C14H13ClN6O3. The highest BCUT2D eigenvalue weighted by atomic mass is 35.5. The Kier molecular flexibility index (Phi) is 4.09. The average molecular weight is 349 g/mol. The lowest BCUT2D eigenvalue weighted by Crippen LogP contribution is -2.34. The first-order valence-electron chi connectivity index (χ1n) is 6.72. The lowest BCUT2D eigenvalue weighted by molar-refractivity contribution is 0.355. The highest BCUT2D eigenvalue weighted by Gasteiger charge is 2.12. The zero-order chi connectivity index (χ0) is 17.3. The summed E-state index contributed by atoms with van der Waals surface area (Å²) < 4.78 is 11.6. The molecule has 124 valence electrons. The number of halogens is 1. The Morgan fingerprint density at radius 3 is 2.75 bits per heavy atom. The summed E-state index contributed by atoms with van der Waals surface area (Å²) in [6.07, 6.45) is 1.63. The van der Waals surface area contributed by atoms with Crippen molar-refractivity contribution in [1.82, 2.24) is 30.4 Å². The van der Waals surface area contributed by atoms with Crippen LogP contribution in [0.4, 0.5) is 0 Å². The monoisotopic (exact) mass is 348 g/mol. The van der Waals surface area contributed by atoms with Gasteiger partial charge in [0.1, 0.15) is 0 Å². The topological polar surface area (TPSA) is 111 Å². The minimum atomic E-state index is -0.368. The Labute approximate surface area is 140 Å². The molecule has 10 heteroatoms. The van der Waals surface area contributed by atoms with Crippen molar-refractivity contribution in [3.05, 3.63) is 43.6 Å². The maximum atomic E-state index is 12.5. The minimum absolute atomic E-state index is 0.0925. The van der Waals surface area contributed by atoms with Gasteiger partial charge in [-0.1, -0.05) is 23.3 Å². The number of nitrogens with one attached hydrogen (secondary N) is 2. The van der Waals surface area contributed by atoms with Crippen LogP contribution in [0.3, 0.4) is 0 Å². The number of aromatic amines is 2. The van der Waals surface area contributed by atoms with E-state index in [4.69, 9.17) is 21.1 Å². The second kappa shape index (κ2) is 6.20. The molecule has 2 aromatic heterocycles. The summed E-state index contributed by atoms with van der Waals surface area (Å²) in [5, 5.41) is 17.1. The van der Waals surface area contributed by atoms with Crippen molar-refractivity contribution in [2.75, 3.05) is 14.2 Å². The summed E-state index contributed by atoms with van der Waals surface area (Å²) in [7, 11) is 3.00. The van der Waals surface area contributed by atoms with Gasteiger partial charge in [0.05, 0.1) is 29.8 Å². The van der Waals surface area contributed by atoms with Crippen LogP contribution >= 0.6 is 11.6 Å². The van der Waals surface area contributed by atoms with Crippen LogP contribution in [-0.2, 0) is 0 Å². The lowest BCUT2D eigenvalue weighted by Gasteiger charge is -2.09. The number of ether oxygens (including phenoxy) is 2. The Balaban J connectivity index is 2.19. The number of hydrogen-bond acceptors (Lipinski definition) is 6. The van der Waals surface area contributed by atoms with Gasteiger partial charge in [0.2, 0.25) is 0 Å². The largest absolute Gasteiger partial charge is 0.493 e. The molecule has 24 heavy (non-hydrogen) atoms. The number of aromatic nitrogens is 6. The van der Waals surface area contributed by atoms with E-state index in [2.05, 4.69) is 32.3 Å². The number of benzene rings is 1. The third-order valence-electron chi connectivity index (χ3n) is 3.31. The van der Waals surface area contributed by atoms with E-state index in [9.17, 15) is 4.79 Å². The van der Waals surface area contributed by atoms with Crippen LogP contribution in [-0.4, -0.2) is 44.6 Å². The Hall–Kier alpha value is -3.07. The van der Waals surface area contributed by atoms with E-state index < -0.39 is 0 Å². The molecule has 0 saturated heterocycles. The quantitative estimate of drug-likeness (QED) is 0.663. The van der Waals surface area contributed by atoms with Crippen molar-refractivity contribution in [2.24, 2.45) is 0 Å². The minimum Gasteiger partial charge on any atom is -0.493 e. The van der Waals surface area contributed by atoms with Gasteiger partial charge < -0.3 is 9.47 Å². The number of hydrogen-bond donors (Lipinski definition) is 2. The van der Waals surface area contributed by atoms with E-state index in [0.717, 1.165) is 4.68 Å². The first kappa shape index (κ1) is 15.8. The van der Waals surface area contributed by atoms with E-state index in [1.165, 1.54) is 14.2 Å². The normalized spacial score (nSPS) is 11.7. The molecule has 1 aromatic carbocycles. The zero-order valence-electron chi connectivity index (χ0n) is 12.8. The third kappa shape index (κ3) is 2.65. The fourth-order valence-corrected chi connectivity index (χ4v) is 2.52. The molecule has 9 nitrogen and oxygen atoms in total. The summed E-state index contributed by atoms with van der Waals surface area (Å²) in [6.45, 7) is 3.82. The van der Waals surface area contributed by atoms with Crippen LogP contribution in [0, 0.1) is 0 Å². The predicted molar refractivity (Wildman–Crippen MR) is 87.0 cm³/mol. The maximum absolute atomic E-state index is 12.5. The summed E-state index contributed by atoms with van der Waals surface area (Å²) >= 11 is 6.18. The summed E-state index contributed by atoms with van der Waals surface area (Å²) in [6, 6.07) is 3.36. The van der Waals surface area contributed by atoms with Crippen molar-refractivity contribution < 1.29 is 9.47 Å². The highest BCUT2D eigenvalue weighted by molar-refractivity contribution is 6.32. The number of H-pyrrole nitrogens is 2. The van der Waals surface area contributed by atoms with Gasteiger partial charge in [0.15, 0.2) is 11.5 Å². The van der Waals surface area contributed by atoms with Crippen LogP contribution in [0.25, 0.3) is 18.6 Å². The molecule has 0 aliphatic carbocycles. The fraction of sp³-hybridized carbons (Fsp3) is 0.143. The Morgan fingerprint density at radius 2 is 2.12 bits per heavy atom. The molecule has 2 heterocycles. The summed E-state index contributed by atoms with van der Waals surface area (Å²) in [5.74, 6) is 0.968. The van der Waals surface area contributed by atoms with Crippen LogP contribution < -0.4 is 25.6 Å². The van der Waals surface area contributed by atoms with E-state index in [0.29, 0.717) is 32.7 Å². The third-order valence-corrected chi connectivity index (χ3v) is 3.59. The standard InChI is InChI=1S/C14H13ClN6O3/c1-7-9(13(22)21(18-7)14-16-19-20-17-14)4-8-5-10(15)12(24-3)11(6-8)23-2/h4-6,18H,1H2,2-3H3,(H,16,17,19,20)/b9-4-. The fourth-order valence-electron chi connectivity index (χ4n) is 2.22. The van der Waals surface area contributed by atoms with E-state index in [1.807, 2.05) is 0 Å². The molecule has 0 aliphatic heterocycles. The van der Waals surface area contributed by atoms with Gasteiger partial charge in [0, 0.05) is 0 Å². The molecule has 0 amide bonds. The van der Waals surface area contributed by atoms with Crippen molar-refractivity contribution in [3.8, 4) is 17.4 Å². The zero-order valence-corrected chi connectivity index (χ0v) is 13.6. The molecule has 0 fully saturated rings. The number of tetrazole rings is 1.